The summed E-state index contributed by atoms with van der Waals surface area (Å²) < 4.78 is 2.48. The minimum Gasteiger partial charge on any atom is -0.367 e. The Labute approximate surface area is 275 Å². The van der Waals surface area contributed by atoms with Gasteiger partial charge in [0.1, 0.15) is 0 Å². The summed E-state index contributed by atoms with van der Waals surface area (Å²) in [4.78, 5) is 2.06. The third-order valence-corrected chi connectivity index (χ3v) is 9.49. The molecule has 2 N–H and O–H groups in total. The molecule has 4 heteroatoms. The average Bonchev–Trinajstić information content (AvgIpc) is 3.45. The molecule has 0 radical (unpaired) electrons. The predicted molar refractivity (Wildman–Crippen MR) is 197 cm³/mol. The number of hydrogen-bond acceptors (Lipinski definition) is 3. The van der Waals surface area contributed by atoms with Crippen LogP contribution in [0.1, 0.15) is 19.8 Å². The first-order valence-electron chi connectivity index (χ1n) is 16.3. The number of aromatic nitrogens is 1. The maximum absolute atomic E-state index is 11.9. The maximum atomic E-state index is 11.9. The van der Waals surface area contributed by atoms with Crippen LogP contribution in [0.3, 0.4) is 0 Å². The Bertz CT molecular complexity index is 2190. The molecule has 8 rings (SSSR count). The second-order valence-electron chi connectivity index (χ2n) is 12.7. The minimum atomic E-state index is -1.15. The summed E-state index contributed by atoms with van der Waals surface area (Å²) in [5.74, 6) is 0. The molecule has 2 aliphatic carbocycles. The summed E-state index contributed by atoms with van der Waals surface area (Å²) >= 11 is 0. The van der Waals surface area contributed by atoms with Crippen LogP contribution in [0.15, 0.2) is 176 Å². The monoisotopic (exact) mass is 611 g/mol. The van der Waals surface area contributed by atoms with Crippen molar-refractivity contribution in [1.82, 2.24) is 4.57 Å². The topological polar surface area (TPSA) is 40.4 Å². The fourth-order valence-corrected chi connectivity index (χ4v) is 7.12. The summed E-state index contributed by atoms with van der Waals surface area (Å²) in [5, 5.41) is 18.0. The van der Waals surface area contributed by atoms with Gasteiger partial charge in [-0.1, -0.05) is 115 Å². The number of anilines is 3. The van der Waals surface area contributed by atoms with Crippen LogP contribution in [0.25, 0.3) is 32.9 Å². The van der Waals surface area contributed by atoms with Crippen molar-refractivity contribution in [3.63, 3.8) is 0 Å². The first-order valence-corrected chi connectivity index (χ1v) is 16.3. The minimum absolute atomic E-state index is 0.325. The quantitative estimate of drug-likeness (QED) is 0.177. The summed E-state index contributed by atoms with van der Waals surface area (Å²) in [7, 11) is 0. The molecular weight excluding hydrogens is 574 g/mol. The first kappa shape index (κ1) is 28.9. The van der Waals surface area contributed by atoms with Crippen molar-refractivity contribution in [2.24, 2.45) is 0 Å². The van der Waals surface area contributed by atoms with Gasteiger partial charge >= 0.3 is 0 Å². The Balaban J connectivity index is 1.15. The molecule has 47 heavy (non-hydrogen) atoms. The molecular formula is C43H37N3O. The number of allylic oxidation sites excluding steroid dienone is 5. The molecule has 1 aromatic heterocycles. The number of nitrogens with one attached hydrogen (secondary N) is 1. The van der Waals surface area contributed by atoms with Gasteiger partial charge in [0, 0.05) is 45.5 Å². The second kappa shape index (κ2) is 11.7. The Hall–Kier alpha value is -5.58. The van der Waals surface area contributed by atoms with E-state index in [1.165, 1.54) is 32.9 Å². The molecule has 6 aromatic rings. The second-order valence-corrected chi connectivity index (χ2v) is 12.7. The van der Waals surface area contributed by atoms with Crippen LogP contribution in [0, 0.1) is 0 Å². The third kappa shape index (κ3) is 5.27. The van der Waals surface area contributed by atoms with Crippen LogP contribution >= 0.6 is 0 Å². The lowest BCUT2D eigenvalue weighted by molar-refractivity contribution is 0.0961. The fraction of sp³-hybridized carbons (Fsp3) is 0.116. The summed E-state index contributed by atoms with van der Waals surface area (Å²) in [6.07, 6.45) is 15.9. The van der Waals surface area contributed by atoms with Gasteiger partial charge in [0.05, 0.1) is 11.1 Å². The average molecular weight is 612 g/mol. The van der Waals surface area contributed by atoms with Crippen LogP contribution in [-0.2, 0) is 5.54 Å². The number of aliphatic hydroxyl groups is 1. The molecule has 0 bridgehead atoms. The smallest absolute Gasteiger partial charge is 0.165 e. The molecule has 0 saturated heterocycles. The van der Waals surface area contributed by atoms with Crippen molar-refractivity contribution in [1.29, 1.82) is 0 Å². The standard InChI is InChI=1S/C43H37N3O/c1-42(29-25-37(26-30-42)45(36-15-7-3-8-16-36)43(47)27-11-4-12-28-43)46-40-18-10-9-17-38(40)39-24-23-35(31-41(39)46)44-34-21-19-33(20-22-34)32-13-5-2-6-14-32/h2-27,29,31,44,47H,28,30H2,1H3/t42?,43-/m1/s1. The largest absolute Gasteiger partial charge is 0.367 e. The number of para-hydroxylation sites is 2. The van der Waals surface area contributed by atoms with Crippen LogP contribution in [0.4, 0.5) is 17.1 Å². The zero-order valence-electron chi connectivity index (χ0n) is 26.4. The van der Waals surface area contributed by atoms with E-state index in [1.807, 2.05) is 48.6 Å². The van der Waals surface area contributed by atoms with Crippen molar-refractivity contribution in [2.75, 3.05) is 10.2 Å². The zero-order chi connectivity index (χ0) is 31.8. The Kier molecular flexibility index (Phi) is 7.16. The van der Waals surface area contributed by atoms with Crippen molar-refractivity contribution in [2.45, 2.75) is 31.0 Å². The number of fused-ring (bicyclic) bond motifs is 3. The van der Waals surface area contributed by atoms with Crippen molar-refractivity contribution < 1.29 is 5.11 Å². The molecule has 1 unspecified atom stereocenters. The molecule has 2 atom stereocenters. The van der Waals surface area contributed by atoms with Gasteiger partial charge in [-0.25, -0.2) is 0 Å². The molecule has 0 amide bonds. The molecule has 0 fully saturated rings. The van der Waals surface area contributed by atoms with Crippen LogP contribution in [0.5, 0.6) is 0 Å². The van der Waals surface area contributed by atoms with E-state index in [0.29, 0.717) is 6.42 Å². The molecule has 0 saturated carbocycles. The van der Waals surface area contributed by atoms with Crippen molar-refractivity contribution >= 4 is 38.9 Å². The molecule has 4 nitrogen and oxygen atoms in total. The fourth-order valence-electron chi connectivity index (χ4n) is 7.12. The molecule has 5 aromatic carbocycles. The lowest BCUT2D eigenvalue weighted by atomic mass is 9.90. The lowest BCUT2D eigenvalue weighted by Crippen LogP contribution is -2.47. The van der Waals surface area contributed by atoms with E-state index >= 15 is 0 Å². The predicted octanol–water partition coefficient (Wildman–Crippen LogP) is 10.5. The Morgan fingerprint density at radius 3 is 2.06 bits per heavy atom. The zero-order valence-corrected chi connectivity index (χ0v) is 26.4. The van der Waals surface area contributed by atoms with Gasteiger partial charge in [0.15, 0.2) is 5.72 Å². The van der Waals surface area contributed by atoms with Crippen LogP contribution in [-0.4, -0.2) is 15.4 Å². The van der Waals surface area contributed by atoms with E-state index in [-0.39, 0.29) is 5.54 Å². The first-order chi connectivity index (χ1) is 23.0. The lowest BCUT2D eigenvalue weighted by Gasteiger charge is -2.42. The molecule has 2 aliphatic rings. The molecule has 230 valence electrons. The highest BCUT2D eigenvalue weighted by molar-refractivity contribution is 6.09. The van der Waals surface area contributed by atoms with Gasteiger partial charge < -0.3 is 19.9 Å². The van der Waals surface area contributed by atoms with Gasteiger partial charge in [-0.15, -0.1) is 0 Å². The Morgan fingerprint density at radius 1 is 0.660 bits per heavy atom. The summed E-state index contributed by atoms with van der Waals surface area (Å²) in [6.45, 7) is 2.30. The maximum Gasteiger partial charge on any atom is 0.165 e. The van der Waals surface area contributed by atoms with Crippen molar-refractivity contribution in [3.8, 4) is 11.1 Å². The third-order valence-electron chi connectivity index (χ3n) is 9.49. The summed E-state index contributed by atoms with van der Waals surface area (Å²) in [5.41, 5.74) is 7.36. The van der Waals surface area contributed by atoms with E-state index in [2.05, 4.69) is 143 Å². The highest BCUT2D eigenvalue weighted by Crippen LogP contribution is 2.42. The van der Waals surface area contributed by atoms with Gasteiger partial charge in [-0.05, 0) is 79.1 Å². The van der Waals surface area contributed by atoms with Gasteiger partial charge in [-0.3, -0.25) is 0 Å². The van der Waals surface area contributed by atoms with E-state index < -0.39 is 5.72 Å². The van der Waals surface area contributed by atoms with Crippen LogP contribution < -0.4 is 10.2 Å². The molecule has 1 heterocycles. The number of hydrogen-bond donors (Lipinski definition) is 2. The highest BCUT2D eigenvalue weighted by Gasteiger charge is 2.36. The number of rotatable bonds is 7. The highest BCUT2D eigenvalue weighted by atomic mass is 16.3. The molecule has 0 aliphatic heterocycles. The SMILES string of the molecule is CC1(n2c3ccccc3c3ccc(Nc4ccc(-c5ccccc5)cc4)cc32)C=CC(N(c2ccccc2)[C@@]2(O)C=CC=CC2)=CC1. The van der Waals surface area contributed by atoms with Crippen molar-refractivity contribution in [3.05, 3.63) is 176 Å². The summed E-state index contributed by atoms with van der Waals surface area (Å²) in [6, 6.07) is 44.6. The van der Waals surface area contributed by atoms with E-state index in [4.69, 9.17) is 0 Å². The number of benzene rings is 5. The number of nitrogens with zero attached hydrogens (tertiary/aromatic N) is 2. The molecule has 0 spiro atoms. The Morgan fingerprint density at radius 2 is 1.34 bits per heavy atom. The van der Waals surface area contributed by atoms with Gasteiger partial charge in [0.2, 0.25) is 0 Å². The van der Waals surface area contributed by atoms with Gasteiger partial charge in [0.25, 0.3) is 0 Å². The van der Waals surface area contributed by atoms with E-state index in [9.17, 15) is 5.11 Å². The van der Waals surface area contributed by atoms with Gasteiger partial charge in [-0.2, -0.15) is 0 Å². The van der Waals surface area contributed by atoms with Crippen LogP contribution in [0.2, 0.25) is 0 Å². The normalized spacial score (nSPS) is 20.4. The van der Waals surface area contributed by atoms with E-state index in [0.717, 1.165) is 29.2 Å². The van der Waals surface area contributed by atoms with E-state index in [1.54, 1.807) is 0 Å².